The first-order chi connectivity index (χ1) is 14.6. The highest BCUT2D eigenvalue weighted by atomic mass is 16.2. The molecular formula is C23H23N5O2. The van der Waals surface area contributed by atoms with Gasteiger partial charge in [-0.3, -0.25) is 24.5 Å². The average Bonchev–Trinajstić information content (AvgIpc) is 2.79. The summed E-state index contributed by atoms with van der Waals surface area (Å²) in [5.74, 6) is -0.0401. The Kier molecular flexibility index (Phi) is 5.79. The fourth-order valence-corrected chi connectivity index (χ4v) is 3.87. The van der Waals surface area contributed by atoms with Crippen LogP contribution in [0.4, 0.5) is 5.69 Å². The highest BCUT2D eigenvalue weighted by Gasteiger charge is 2.28. The predicted octanol–water partition coefficient (Wildman–Crippen LogP) is 3.52. The van der Waals surface area contributed by atoms with E-state index in [9.17, 15) is 9.59 Å². The first-order valence-electron chi connectivity index (χ1n) is 10.00. The average molecular weight is 401 g/mol. The Hall–Kier alpha value is -3.61. The minimum atomic E-state index is -0.122. The Bertz CT molecular complexity index is 1050. The highest BCUT2D eigenvalue weighted by Crippen LogP contribution is 2.33. The van der Waals surface area contributed by atoms with Crippen molar-refractivity contribution in [3.63, 3.8) is 0 Å². The summed E-state index contributed by atoms with van der Waals surface area (Å²) in [4.78, 5) is 39.5. The molecule has 0 bridgehead atoms. The van der Waals surface area contributed by atoms with E-state index in [0.29, 0.717) is 17.8 Å². The maximum Gasteiger partial charge on any atom is 0.255 e. The summed E-state index contributed by atoms with van der Waals surface area (Å²) in [5.41, 5.74) is 3.86. The molecule has 1 N–H and O–H groups in total. The van der Waals surface area contributed by atoms with Crippen molar-refractivity contribution in [3.05, 3.63) is 72.4 Å². The third kappa shape index (κ3) is 4.35. The van der Waals surface area contributed by atoms with Crippen LogP contribution in [0, 0.1) is 0 Å². The van der Waals surface area contributed by atoms with Crippen molar-refractivity contribution in [2.45, 2.75) is 25.7 Å². The molecular weight excluding hydrogens is 378 g/mol. The number of carbonyl (C=O) groups excluding carboxylic acids is 2. The quantitative estimate of drug-likeness (QED) is 0.723. The number of aromatic nitrogens is 3. The van der Waals surface area contributed by atoms with Crippen molar-refractivity contribution in [2.24, 2.45) is 0 Å². The van der Waals surface area contributed by atoms with Gasteiger partial charge in [-0.15, -0.1) is 0 Å². The third-order valence-electron chi connectivity index (χ3n) is 5.19. The van der Waals surface area contributed by atoms with Gasteiger partial charge < -0.3 is 10.2 Å². The lowest BCUT2D eigenvalue weighted by Crippen LogP contribution is -2.39. The van der Waals surface area contributed by atoms with E-state index in [1.54, 1.807) is 36.9 Å². The molecule has 1 aliphatic heterocycles. The number of amides is 2. The summed E-state index contributed by atoms with van der Waals surface area (Å²) in [6, 6.07) is 11.2. The Balaban J connectivity index is 1.61. The number of nitrogens with zero attached hydrogens (tertiary/aromatic N) is 4. The van der Waals surface area contributed by atoms with Crippen molar-refractivity contribution >= 4 is 17.5 Å². The monoisotopic (exact) mass is 401 g/mol. The van der Waals surface area contributed by atoms with E-state index < -0.39 is 0 Å². The molecule has 1 aromatic carbocycles. The molecule has 3 aromatic rings. The van der Waals surface area contributed by atoms with Crippen LogP contribution < -0.4 is 5.32 Å². The lowest BCUT2D eigenvalue weighted by atomic mass is 9.91. The Morgan fingerprint density at radius 2 is 1.97 bits per heavy atom. The van der Waals surface area contributed by atoms with Gasteiger partial charge in [-0.05, 0) is 37.1 Å². The molecule has 2 amide bonds. The smallest absolute Gasteiger partial charge is 0.255 e. The van der Waals surface area contributed by atoms with Crippen LogP contribution >= 0.6 is 0 Å². The van der Waals surface area contributed by atoms with Gasteiger partial charge in [-0.1, -0.05) is 12.1 Å². The molecule has 2 aromatic heterocycles. The zero-order valence-corrected chi connectivity index (χ0v) is 16.8. The van der Waals surface area contributed by atoms with E-state index in [0.717, 1.165) is 36.3 Å². The number of anilines is 1. The Morgan fingerprint density at radius 3 is 2.77 bits per heavy atom. The van der Waals surface area contributed by atoms with Crippen molar-refractivity contribution in [1.82, 2.24) is 19.9 Å². The van der Waals surface area contributed by atoms with Gasteiger partial charge >= 0.3 is 0 Å². The Labute approximate surface area is 175 Å². The summed E-state index contributed by atoms with van der Waals surface area (Å²) >= 11 is 0. The lowest BCUT2D eigenvalue weighted by molar-refractivity contribution is -0.114. The van der Waals surface area contributed by atoms with E-state index in [1.807, 2.05) is 29.2 Å². The van der Waals surface area contributed by atoms with Crippen LogP contribution in [0.1, 0.15) is 41.7 Å². The number of rotatable bonds is 4. The number of hydrogen-bond acceptors (Lipinski definition) is 5. The standard InChI is InChI=1S/C23H23N5O2/c1-16(29)27-20-8-2-5-17(13-20)21-22(26-11-10-25-21)19-7-4-12-28(15-19)23(30)18-6-3-9-24-14-18/h2-3,5-6,8-11,13-14,19H,4,7,12,15H2,1H3,(H,27,29). The first kappa shape index (κ1) is 19.7. The van der Waals surface area contributed by atoms with E-state index in [1.165, 1.54) is 6.92 Å². The predicted molar refractivity (Wildman–Crippen MR) is 114 cm³/mol. The minimum Gasteiger partial charge on any atom is -0.338 e. The molecule has 7 heteroatoms. The van der Waals surface area contributed by atoms with Crippen LogP contribution in [-0.4, -0.2) is 44.8 Å². The van der Waals surface area contributed by atoms with Gasteiger partial charge in [0.1, 0.15) is 0 Å². The normalized spacial score (nSPS) is 16.2. The van der Waals surface area contributed by atoms with Crippen molar-refractivity contribution in [1.29, 1.82) is 0 Å². The fraction of sp³-hybridized carbons (Fsp3) is 0.261. The number of carbonyl (C=O) groups is 2. The van der Waals surface area contributed by atoms with Crippen LogP contribution in [-0.2, 0) is 4.79 Å². The number of benzene rings is 1. The van der Waals surface area contributed by atoms with Gasteiger partial charge in [-0.2, -0.15) is 0 Å². The SMILES string of the molecule is CC(=O)Nc1cccc(-c2nccnc2C2CCCN(C(=O)c3cccnc3)C2)c1. The van der Waals surface area contributed by atoms with E-state index in [-0.39, 0.29) is 17.7 Å². The van der Waals surface area contributed by atoms with Crippen molar-refractivity contribution in [3.8, 4) is 11.3 Å². The molecule has 152 valence electrons. The molecule has 1 atom stereocenters. The van der Waals surface area contributed by atoms with Crippen LogP contribution in [0.5, 0.6) is 0 Å². The molecule has 1 saturated heterocycles. The lowest BCUT2D eigenvalue weighted by Gasteiger charge is -2.33. The molecule has 7 nitrogen and oxygen atoms in total. The number of nitrogens with one attached hydrogen (secondary N) is 1. The van der Waals surface area contributed by atoms with E-state index in [2.05, 4.69) is 20.3 Å². The molecule has 4 rings (SSSR count). The maximum absolute atomic E-state index is 12.9. The van der Waals surface area contributed by atoms with Crippen LogP contribution in [0.3, 0.4) is 0 Å². The van der Waals surface area contributed by atoms with Crippen LogP contribution in [0.15, 0.2) is 61.2 Å². The van der Waals surface area contributed by atoms with Gasteiger partial charge in [0.2, 0.25) is 5.91 Å². The summed E-state index contributed by atoms with van der Waals surface area (Å²) in [6.07, 6.45) is 8.47. The van der Waals surface area contributed by atoms with Crippen molar-refractivity contribution < 1.29 is 9.59 Å². The van der Waals surface area contributed by atoms with Gasteiger partial charge in [0.15, 0.2) is 0 Å². The second kappa shape index (κ2) is 8.82. The molecule has 30 heavy (non-hydrogen) atoms. The number of piperidine rings is 1. The van der Waals surface area contributed by atoms with Gasteiger partial charge in [-0.25, -0.2) is 0 Å². The Morgan fingerprint density at radius 1 is 1.10 bits per heavy atom. The maximum atomic E-state index is 12.9. The zero-order chi connectivity index (χ0) is 20.9. The third-order valence-corrected chi connectivity index (χ3v) is 5.19. The molecule has 3 heterocycles. The number of likely N-dealkylation sites (tertiary alicyclic amines) is 1. The second-order valence-electron chi connectivity index (χ2n) is 7.38. The van der Waals surface area contributed by atoms with Gasteiger partial charge in [0.25, 0.3) is 5.91 Å². The summed E-state index contributed by atoms with van der Waals surface area (Å²) in [6.45, 7) is 2.79. The summed E-state index contributed by atoms with van der Waals surface area (Å²) in [5, 5.41) is 2.81. The van der Waals surface area contributed by atoms with Crippen LogP contribution in [0.25, 0.3) is 11.3 Å². The van der Waals surface area contributed by atoms with Crippen LogP contribution in [0.2, 0.25) is 0 Å². The zero-order valence-electron chi connectivity index (χ0n) is 16.8. The van der Waals surface area contributed by atoms with Crippen molar-refractivity contribution in [2.75, 3.05) is 18.4 Å². The topological polar surface area (TPSA) is 88.1 Å². The van der Waals surface area contributed by atoms with E-state index >= 15 is 0 Å². The fourth-order valence-electron chi connectivity index (χ4n) is 3.87. The highest BCUT2D eigenvalue weighted by molar-refractivity contribution is 5.94. The first-order valence-corrected chi connectivity index (χ1v) is 10.00. The molecule has 1 aliphatic rings. The summed E-state index contributed by atoms with van der Waals surface area (Å²) in [7, 11) is 0. The molecule has 1 fully saturated rings. The van der Waals surface area contributed by atoms with E-state index in [4.69, 9.17) is 0 Å². The largest absolute Gasteiger partial charge is 0.338 e. The molecule has 0 aliphatic carbocycles. The minimum absolute atomic E-state index is 0.00843. The number of hydrogen-bond donors (Lipinski definition) is 1. The molecule has 0 radical (unpaired) electrons. The number of pyridine rings is 1. The van der Waals surface area contributed by atoms with Gasteiger partial charge in [0, 0.05) is 62.0 Å². The molecule has 0 spiro atoms. The molecule has 0 saturated carbocycles. The summed E-state index contributed by atoms with van der Waals surface area (Å²) < 4.78 is 0. The second-order valence-corrected chi connectivity index (χ2v) is 7.38. The molecule has 1 unspecified atom stereocenters. The van der Waals surface area contributed by atoms with Gasteiger partial charge in [0.05, 0.1) is 17.0 Å².